The van der Waals surface area contributed by atoms with Crippen LogP contribution in [0, 0.1) is 0 Å². The molecule has 0 bridgehead atoms. The quantitative estimate of drug-likeness (QED) is 0.920. The van der Waals surface area contributed by atoms with E-state index in [4.69, 9.17) is 0 Å². The Morgan fingerprint density at radius 1 is 0.762 bits per heavy atom. The van der Waals surface area contributed by atoms with Crippen molar-refractivity contribution in [2.45, 2.75) is 51.6 Å². The fraction of sp³-hybridized carbons (Fsp3) is 0.667. The second-order valence-corrected chi connectivity index (χ2v) is 6.59. The Morgan fingerprint density at radius 3 is 1.95 bits per heavy atom. The molecule has 0 unspecified atom stereocenters. The summed E-state index contributed by atoms with van der Waals surface area (Å²) in [5, 5.41) is 10.3. The van der Waals surface area contributed by atoms with Gasteiger partial charge in [-0.05, 0) is 63.5 Å². The molecule has 3 heteroatoms. The van der Waals surface area contributed by atoms with Crippen LogP contribution in [-0.4, -0.2) is 41.1 Å². The maximum Gasteiger partial charge on any atom is 0.120 e. The lowest BCUT2D eigenvalue weighted by Crippen LogP contribution is -2.31. The summed E-state index contributed by atoms with van der Waals surface area (Å²) in [4.78, 5) is 5.04. The first kappa shape index (κ1) is 14.9. The molecule has 21 heavy (non-hydrogen) atoms. The number of rotatable bonds is 4. The number of likely N-dealkylation sites (tertiary alicyclic amines) is 2. The monoisotopic (exact) mass is 288 g/mol. The van der Waals surface area contributed by atoms with Crippen LogP contribution < -0.4 is 0 Å². The van der Waals surface area contributed by atoms with E-state index in [9.17, 15) is 5.11 Å². The average molecular weight is 288 g/mol. The Labute approximate surface area is 128 Å². The summed E-state index contributed by atoms with van der Waals surface area (Å²) in [6.07, 6.45) is 7.97. The van der Waals surface area contributed by atoms with Crippen molar-refractivity contribution < 1.29 is 5.11 Å². The van der Waals surface area contributed by atoms with Gasteiger partial charge in [0.2, 0.25) is 0 Å². The van der Waals surface area contributed by atoms with Crippen LogP contribution in [0.1, 0.15) is 49.7 Å². The Morgan fingerprint density at radius 2 is 1.33 bits per heavy atom. The molecule has 116 valence electrons. The van der Waals surface area contributed by atoms with Gasteiger partial charge in [-0.25, -0.2) is 0 Å². The first-order valence-electron chi connectivity index (χ1n) is 8.57. The molecule has 2 saturated heterocycles. The normalized spacial score (nSPS) is 21.5. The molecule has 2 aliphatic rings. The van der Waals surface area contributed by atoms with E-state index >= 15 is 0 Å². The minimum absolute atomic E-state index is 0.482. The predicted molar refractivity (Wildman–Crippen MR) is 86.4 cm³/mol. The zero-order valence-electron chi connectivity index (χ0n) is 13.1. The summed E-state index contributed by atoms with van der Waals surface area (Å²) >= 11 is 0. The average Bonchev–Trinajstić information content (AvgIpc) is 2.53. The molecule has 1 aromatic carbocycles. The predicted octanol–water partition coefficient (Wildman–Crippen LogP) is 3.36. The van der Waals surface area contributed by atoms with E-state index in [1.54, 1.807) is 0 Å². The van der Waals surface area contributed by atoms with Gasteiger partial charge in [-0.3, -0.25) is 9.80 Å². The van der Waals surface area contributed by atoms with Crippen LogP contribution in [0.3, 0.4) is 0 Å². The molecule has 2 aliphatic heterocycles. The molecule has 0 amide bonds. The maximum atomic E-state index is 10.3. The highest BCUT2D eigenvalue weighted by Crippen LogP contribution is 2.26. The molecule has 2 heterocycles. The molecular weight excluding hydrogens is 260 g/mol. The van der Waals surface area contributed by atoms with Gasteiger partial charge in [-0.2, -0.15) is 0 Å². The van der Waals surface area contributed by atoms with Gasteiger partial charge in [-0.1, -0.05) is 25.0 Å². The van der Waals surface area contributed by atoms with Crippen LogP contribution in [0.4, 0.5) is 0 Å². The van der Waals surface area contributed by atoms with Crippen LogP contribution in [0.5, 0.6) is 5.75 Å². The van der Waals surface area contributed by atoms with Gasteiger partial charge in [0.15, 0.2) is 0 Å². The molecule has 1 N–H and O–H groups in total. The molecule has 0 radical (unpaired) electrons. The first-order chi connectivity index (χ1) is 10.3. The maximum absolute atomic E-state index is 10.3. The van der Waals surface area contributed by atoms with Crippen molar-refractivity contribution in [3.8, 4) is 5.75 Å². The molecule has 1 aromatic rings. The van der Waals surface area contributed by atoms with Crippen LogP contribution in [0.25, 0.3) is 0 Å². The van der Waals surface area contributed by atoms with Crippen molar-refractivity contribution in [3.63, 3.8) is 0 Å². The fourth-order valence-corrected chi connectivity index (χ4v) is 3.65. The SMILES string of the molecule is Oc1cccc(CN2CCCCC2)c1CN1CCCCC1. The molecule has 3 rings (SSSR count). The van der Waals surface area contributed by atoms with Gasteiger partial charge in [0.05, 0.1) is 0 Å². The number of benzene rings is 1. The molecular formula is C18H28N2O. The second kappa shape index (κ2) is 7.28. The van der Waals surface area contributed by atoms with Crippen molar-refractivity contribution in [3.05, 3.63) is 29.3 Å². The molecule has 0 aromatic heterocycles. The Balaban J connectivity index is 1.71. The van der Waals surface area contributed by atoms with Crippen molar-refractivity contribution in [2.75, 3.05) is 26.2 Å². The molecule has 2 fully saturated rings. The van der Waals surface area contributed by atoms with E-state index in [0.29, 0.717) is 5.75 Å². The molecule has 0 spiro atoms. The lowest BCUT2D eigenvalue weighted by atomic mass is 10.0. The lowest BCUT2D eigenvalue weighted by molar-refractivity contribution is 0.207. The van der Waals surface area contributed by atoms with Crippen molar-refractivity contribution >= 4 is 0 Å². The molecule has 0 saturated carbocycles. The summed E-state index contributed by atoms with van der Waals surface area (Å²) in [6, 6.07) is 6.04. The number of phenolic OH excluding ortho intramolecular Hbond substituents is 1. The topological polar surface area (TPSA) is 26.7 Å². The van der Waals surface area contributed by atoms with Gasteiger partial charge in [0.1, 0.15) is 5.75 Å². The number of piperidine rings is 2. The highest BCUT2D eigenvalue weighted by Gasteiger charge is 2.17. The number of aromatic hydroxyl groups is 1. The smallest absolute Gasteiger partial charge is 0.120 e. The van der Waals surface area contributed by atoms with Gasteiger partial charge >= 0.3 is 0 Å². The summed E-state index contributed by atoms with van der Waals surface area (Å²) < 4.78 is 0. The van der Waals surface area contributed by atoms with E-state index in [2.05, 4.69) is 15.9 Å². The van der Waals surface area contributed by atoms with Gasteiger partial charge in [0, 0.05) is 18.7 Å². The minimum Gasteiger partial charge on any atom is -0.508 e. The number of nitrogens with zero attached hydrogens (tertiary/aromatic N) is 2. The summed E-state index contributed by atoms with van der Waals surface area (Å²) in [5.41, 5.74) is 2.48. The van der Waals surface area contributed by atoms with Gasteiger partial charge in [-0.15, -0.1) is 0 Å². The van der Waals surface area contributed by atoms with E-state index in [-0.39, 0.29) is 0 Å². The molecule has 3 nitrogen and oxygen atoms in total. The highest BCUT2D eigenvalue weighted by atomic mass is 16.3. The van der Waals surface area contributed by atoms with E-state index < -0.39 is 0 Å². The summed E-state index contributed by atoms with van der Waals surface area (Å²) in [7, 11) is 0. The largest absolute Gasteiger partial charge is 0.508 e. The van der Waals surface area contributed by atoms with Crippen molar-refractivity contribution in [2.24, 2.45) is 0 Å². The van der Waals surface area contributed by atoms with Crippen LogP contribution in [-0.2, 0) is 13.1 Å². The Kier molecular flexibility index (Phi) is 5.15. The number of phenols is 1. The van der Waals surface area contributed by atoms with Gasteiger partial charge < -0.3 is 5.11 Å². The third kappa shape index (κ3) is 3.98. The Bertz CT molecular complexity index is 449. The van der Waals surface area contributed by atoms with Crippen molar-refractivity contribution in [1.29, 1.82) is 0 Å². The van der Waals surface area contributed by atoms with Crippen LogP contribution in [0.15, 0.2) is 18.2 Å². The van der Waals surface area contributed by atoms with E-state index in [1.165, 1.54) is 70.3 Å². The zero-order valence-corrected chi connectivity index (χ0v) is 13.1. The fourth-order valence-electron chi connectivity index (χ4n) is 3.65. The highest BCUT2D eigenvalue weighted by molar-refractivity contribution is 5.39. The third-order valence-electron chi connectivity index (χ3n) is 4.92. The summed E-state index contributed by atoms with van der Waals surface area (Å²) in [6.45, 7) is 6.68. The van der Waals surface area contributed by atoms with E-state index in [1.807, 2.05) is 12.1 Å². The minimum atomic E-state index is 0.482. The number of hydrogen-bond acceptors (Lipinski definition) is 3. The standard InChI is InChI=1S/C18H28N2O/c21-18-9-7-8-16(14-19-10-3-1-4-11-19)17(18)15-20-12-5-2-6-13-20/h7-9,21H,1-6,10-15H2. The Hall–Kier alpha value is -1.06. The second-order valence-electron chi connectivity index (χ2n) is 6.59. The van der Waals surface area contributed by atoms with Gasteiger partial charge in [0.25, 0.3) is 0 Å². The van der Waals surface area contributed by atoms with Crippen LogP contribution >= 0.6 is 0 Å². The third-order valence-corrected chi connectivity index (χ3v) is 4.92. The first-order valence-corrected chi connectivity index (χ1v) is 8.57. The van der Waals surface area contributed by atoms with Crippen molar-refractivity contribution in [1.82, 2.24) is 9.80 Å². The molecule has 0 aliphatic carbocycles. The van der Waals surface area contributed by atoms with E-state index in [0.717, 1.165) is 18.7 Å². The van der Waals surface area contributed by atoms with Crippen LogP contribution in [0.2, 0.25) is 0 Å². The lowest BCUT2D eigenvalue weighted by Gasteiger charge is -2.30. The molecule has 0 atom stereocenters. The summed E-state index contributed by atoms with van der Waals surface area (Å²) in [5.74, 6) is 0.482. The number of hydrogen-bond donors (Lipinski definition) is 1. The zero-order chi connectivity index (χ0) is 14.5.